The Labute approximate surface area is 154 Å². The molecule has 27 heavy (non-hydrogen) atoms. The normalized spacial score (nSPS) is 17.7. The minimum Gasteiger partial charge on any atom is -0.356 e. The van der Waals surface area contributed by atoms with E-state index in [1.165, 1.54) is 12.3 Å². The van der Waals surface area contributed by atoms with E-state index in [1.54, 1.807) is 6.07 Å². The van der Waals surface area contributed by atoms with Crippen LogP contribution < -0.4 is 10.6 Å². The van der Waals surface area contributed by atoms with Crippen molar-refractivity contribution in [1.29, 1.82) is 0 Å². The van der Waals surface area contributed by atoms with Crippen molar-refractivity contribution in [3.63, 3.8) is 0 Å². The fourth-order valence-corrected chi connectivity index (χ4v) is 2.91. The van der Waals surface area contributed by atoms with E-state index in [1.807, 2.05) is 13.8 Å². The summed E-state index contributed by atoms with van der Waals surface area (Å²) in [5.41, 5.74) is -0.219. The highest BCUT2D eigenvalue weighted by atomic mass is 19.4. The minimum atomic E-state index is -4.53. The quantitative estimate of drug-likeness (QED) is 0.846. The number of alkyl halides is 3. The Morgan fingerprint density at radius 1 is 1.30 bits per heavy atom. The first-order chi connectivity index (χ1) is 12.7. The summed E-state index contributed by atoms with van der Waals surface area (Å²) in [4.78, 5) is 24.4. The smallest absolute Gasteiger partial charge is 0.356 e. The van der Waals surface area contributed by atoms with Crippen molar-refractivity contribution >= 4 is 17.5 Å². The van der Waals surface area contributed by atoms with Crippen LogP contribution in [0.5, 0.6) is 0 Å². The van der Waals surface area contributed by atoms with Crippen LogP contribution in [0.2, 0.25) is 0 Å². The lowest BCUT2D eigenvalue weighted by molar-refractivity contribution is -0.137. The Hall–Kier alpha value is -2.71. The number of anilines is 2. The predicted molar refractivity (Wildman–Crippen MR) is 93.6 cm³/mol. The van der Waals surface area contributed by atoms with E-state index in [-0.39, 0.29) is 29.4 Å². The van der Waals surface area contributed by atoms with E-state index in [2.05, 4.69) is 25.6 Å². The van der Waals surface area contributed by atoms with Gasteiger partial charge in [-0.3, -0.25) is 4.79 Å². The van der Waals surface area contributed by atoms with Crippen LogP contribution in [0.15, 0.2) is 24.4 Å². The van der Waals surface area contributed by atoms with Crippen molar-refractivity contribution in [2.24, 2.45) is 0 Å². The number of hydrogen-bond acceptors (Lipinski definition) is 5. The van der Waals surface area contributed by atoms with Gasteiger partial charge in [-0.15, -0.1) is 0 Å². The molecule has 6 nitrogen and oxygen atoms in total. The molecule has 1 unspecified atom stereocenters. The molecule has 1 amide bonds. The summed E-state index contributed by atoms with van der Waals surface area (Å²) >= 11 is 0. The van der Waals surface area contributed by atoms with Crippen LogP contribution >= 0.6 is 0 Å². The number of piperidine rings is 1. The second-order valence-corrected chi connectivity index (χ2v) is 6.75. The average Bonchev–Trinajstić information content (AvgIpc) is 2.61. The standard InChI is InChI=1S/C18H20F3N5O/c1-10(2)16-24-13(11-5-7-22-15(27)8-11)9-14(25-16)26-17-12(18(19,20)21)4-3-6-23-17/h3-4,6,9-11H,5,7-8H2,1-2H3,(H,22,27)(H,23,24,25,26). The molecule has 3 heterocycles. The minimum absolute atomic E-state index is 0.0197. The second kappa shape index (κ2) is 7.50. The lowest BCUT2D eigenvalue weighted by Crippen LogP contribution is -2.33. The van der Waals surface area contributed by atoms with Crippen molar-refractivity contribution in [1.82, 2.24) is 20.3 Å². The van der Waals surface area contributed by atoms with Gasteiger partial charge in [0.05, 0.1) is 5.56 Å². The molecule has 1 fully saturated rings. The highest BCUT2D eigenvalue weighted by Gasteiger charge is 2.34. The Morgan fingerprint density at radius 3 is 2.74 bits per heavy atom. The zero-order valence-corrected chi connectivity index (χ0v) is 15.0. The number of rotatable bonds is 4. The van der Waals surface area contributed by atoms with Crippen molar-refractivity contribution in [3.05, 3.63) is 41.5 Å². The Bertz CT molecular complexity index is 838. The first-order valence-electron chi connectivity index (χ1n) is 8.69. The van der Waals surface area contributed by atoms with E-state index in [0.717, 1.165) is 12.5 Å². The monoisotopic (exact) mass is 379 g/mol. The number of nitrogens with zero attached hydrogens (tertiary/aromatic N) is 3. The van der Waals surface area contributed by atoms with Gasteiger partial charge in [-0.05, 0) is 18.6 Å². The molecule has 1 aliphatic heterocycles. The molecule has 2 aromatic rings. The maximum Gasteiger partial charge on any atom is 0.419 e. The molecule has 2 aromatic heterocycles. The Kier molecular flexibility index (Phi) is 5.29. The van der Waals surface area contributed by atoms with Crippen molar-refractivity contribution in [2.75, 3.05) is 11.9 Å². The molecule has 1 saturated heterocycles. The summed E-state index contributed by atoms with van der Waals surface area (Å²) < 4.78 is 39.6. The van der Waals surface area contributed by atoms with Crippen molar-refractivity contribution < 1.29 is 18.0 Å². The van der Waals surface area contributed by atoms with Gasteiger partial charge in [0.2, 0.25) is 5.91 Å². The molecular weight excluding hydrogens is 359 g/mol. The highest BCUT2D eigenvalue weighted by Crippen LogP contribution is 2.35. The van der Waals surface area contributed by atoms with E-state index in [9.17, 15) is 18.0 Å². The number of hydrogen-bond donors (Lipinski definition) is 2. The molecule has 1 atom stereocenters. The largest absolute Gasteiger partial charge is 0.419 e. The zero-order chi connectivity index (χ0) is 19.6. The van der Waals surface area contributed by atoms with E-state index < -0.39 is 11.7 Å². The summed E-state index contributed by atoms with van der Waals surface area (Å²) in [6.07, 6.45) is -2.23. The summed E-state index contributed by atoms with van der Waals surface area (Å²) in [5.74, 6) is 0.254. The molecule has 0 aliphatic carbocycles. The topological polar surface area (TPSA) is 79.8 Å². The van der Waals surface area contributed by atoms with Gasteiger partial charge in [-0.25, -0.2) is 15.0 Å². The van der Waals surface area contributed by atoms with Crippen LogP contribution in [0.4, 0.5) is 24.8 Å². The van der Waals surface area contributed by atoms with Crippen LogP contribution in [0, 0.1) is 0 Å². The average molecular weight is 379 g/mol. The Balaban J connectivity index is 1.97. The van der Waals surface area contributed by atoms with Gasteiger partial charge in [-0.1, -0.05) is 13.8 Å². The first kappa shape index (κ1) is 19.1. The van der Waals surface area contributed by atoms with Crippen LogP contribution in [-0.2, 0) is 11.0 Å². The maximum absolute atomic E-state index is 13.2. The van der Waals surface area contributed by atoms with Crippen molar-refractivity contribution in [3.8, 4) is 0 Å². The van der Waals surface area contributed by atoms with Gasteiger partial charge in [0.15, 0.2) is 0 Å². The van der Waals surface area contributed by atoms with Crippen molar-refractivity contribution in [2.45, 2.75) is 44.7 Å². The molecule has 9 heteroatoms. The molecule has 1 aliphatic rings. The predicted octanol–water partition coefficient (Wildman–Crippen LogP) is 3.75. The van der Waals surface area contributed by atoms with Gasteiger partial charge in [0.25, 0.3) is 0 Å². The number of nitrogens with one attached hydrogen (secondary N) is 2. The molecule has 0 bridgehead atoms. The number of aromatic nitrogens is 3. The lowest BCUT2D eigenvalue weighted by Gasteiger charge is -2.23. The van der Waals surface area contributed by atoms with Crippen LogP contribution in [0.3, 0.4) is 0 Å². The molecule has 3 rings (SSSR count). The fraction of sp³-hybridized carbons (Fsp3) is 0.444. The number of amides is 1. The van der Waals surface area contributed by atoms with Gasteiger partial charge >= 0.3 is 6.18 Å². The molecule has 144 valence electrons. The summed E-state index contributed by atoms with van der Waals surface area (Å²) in [5, 5.41) is 5.45. The molecule has 0 radical (unpaired) electrons. The number of carbonyl (C=O) groups excluding carboxylic acids is 1. The van der Waals surface area contributed by atoms with Crippen LogP contribution in [-0.4, -0.2) is 27.4 Å². The second-order valence-electron chi connectivity index (χ2n) is 6.75. The third-order valence-electron chi connectivity index (χ3n) is 4.30. The zero-order valence-electron chi connectivity index (χ0n) is 15.0. The highest BCUT2D eigenvalue weighted by molar-refractivity contribution is 5.77. The molecule has 2 N–H and O–H groups in total. The van der Waals surface area contributed by atoms with E-state index in [0.29, 0.717) is 24.5 Å². The third-order valence-corrected chi connectivity index (χ3v) is 4.30. The first-order valence-corrected chi connectivity index (χ1v) is 8.69. The van der Waals surface area contributed by atoms with E-state index >= 15 is 0 Å². The Morgan fingerprint density at radius 2 is 2.07 bits per heavy atom. The van der Waals surface area contributed by atoms with E-state index in [4.69, 9.17) is 0 Å². The molecule has 0 aromatic carbocycles. The molecule has 0 spiro atoms. The maximum atomic E-state index is 13.2. The number of halogens is 3. The SMILES string of the molecule is CC(C)c1nc(Nc2ncccc2C(F)(F)F)cc(C2CCNC(=O)C2)n1. The summed E-state index contributed by atoms with van der Waals surface area (Å²) in [7, 11) is 0. The van der Waals surface area contributed by atoms with Gasteiger partial charge in [-0.2, -0.15) is 13.2 Å². The van der Waals surface area contributed by atoms with Gasteiger partial charge < -0.3 is 10.6 Å². The van der Waals surface area contributed by atoms with Crippen LogP contribution in [0.1, 0.15) is 55.6 Å². The fourth-order valence-electron chi connectivity index (χ4n) is 2.91. The molecular formula is C18H20F3N5O. The summed E-state index contributed by atoms with van der Waals surface area (Å²) in [6.45, 7) is 4.35. The van der Waals surface area contributed by atoms with Gasteiger partial charge in [0.1, 0.15) is 17.5 Å². The lowest BCUT2D eigenvalue weighted by atomic mass is 9.93. The summed E-state index contributed by atoms with van der Waals surface area (Å²) in [6, 6.07) is 3.80. The van der Waals surface area contributed by atoms with Gasteiger partial charge in [0, 0.05) is 42.8 Å². The number of carbonyl (C=O) groups is 1. The third kappa shape index (κ3) is 4.53. The number of pyridine rings is 1. The van der Waals surface area contributed by atoms with Crippen LogP contribution in [0.25, 0.3) is 0 Å². The molecule has 0 saturated carbocycles.